The fourth-order valence-electron chi connectivity index (χ4n) is 3.50. The molecule has 1 aliphatic heterocycles. The number of H-pyrrole nitrogens is 2. The molecular formula is C18H28N4O4. The van der Waals surface area contributed by atoms with Crippen LogP contribution in [-0.2, 0) is 9.59 Å². The molecule has 0 fully saturated rings. The van der Waals surface area contributed by atoms with E-state index in [1.165, 1.54) is 6.92 Å². The summed E-state index contributed by atoms with van der Waals surface area (Å²) >= 11 is 0. The standard InChI is InChI=1S/C18H28N4O4/c1-4-5-6-14(9-12(2)23)7-8-21-11-22(10-13(3)24)15-16(21)19-18(26)20-17(15)25/h14H,4-11H2,1-3H3,(H2,19,20,25,26). The molecule has 0 aliphatic carbocycles. The maximum absolute atomic E-state index is 12.2. The highest BCUT2D eigenvalue weighted by atomic mass is 16.2. The third-order valence-corrected chi connectivity index (χ3v) is 4.64. The number of rotatable bonds is 10. The van der Waals surface area contributed by atoms with Crippen LogP contribution in [0.4, 0.5) is 11.5 Å². The quantitative estimate of drug-likeness (QED) is 0.650. The van der Waals surface area contributed by atoms with Gasteiger partial charge in [0, 0.05) is 13.0 Å². The molecule has 1 unspecified atom stereocenters. The Morgan fingerprint density at radius 3 is 2.42 bits per heavy atom. The zero-order valence-corrected chi connectivity index (χ0v) is 15.8. The Balaban J connectivity index is 2.17. The van der Waals surface area contributed by atoms with E-state index in [2.05, 4.69) is 16.9 Å². The smallest absolute Gasteiger partial charge is 0.327 e. The number of nitrogens with zero attached hydrogens (tertiary/aromatic N) is 2. The van der Waals surface area contributed by atoms with Crippen molar-refractivity contribution >= 4 is 23.1 Å². The molecule has 1 atom stereocenters. The number of fused-ring (bicyclic) bond motifs is 1. The molecule has 0 spiro atoms. The van der Waals surface area contributed by atoms with Gasteiger partial charge in [-0.3, -0.25) is 19.6 Å². The second kappa shape index (κ2) is 8.82. The summed E-state index contributed by atoms with van der Waals surface area (Å²) in [4.78, 5) is 55.4. The minimum atomic E-state index is -0.560. The molecule has 8 nitrogen and oxygen atoms in total. The van der Waals surface area contributed by atoms with E-state index in [1.807, 2.05) is 4.90 Å². The molecule has 2 N–H and O–H groups in total. The van der Waals surface area contributed by atoms with Crippen LogP contribution in [-0.4, -0.2) is 41.3 Å². The summed E-state index contributed by atoms with van der Waals surface area (Å²) in [6.45, 7) is 6.30. The number of Topliss-reactive ketones (excluding diaryl/α,β-unsaturated/α-hetero) is 2. The van der Waals surface area contributed by atoms with E-state index in [9.17, 15) is 19.2 Å². The average molecular weight is 364 g/mol. The number of carbonyl (C=O) groups excluding carboxylic acids is 2. The SMILES string of the molecule is CCCCC(CCN1CN(CC(C)=O)c2c1[nH]c(=O)[nH]c2=O)CC(C)=O. The number of hydrogen-bond acceptors (Lipinski definition) is 6. The molecule has 0 saturated heterocycles. The maximum Gasteiger partial charge on any atom is 0.327 e. The van der Waals surface area contributed by atoms with Crippen molar-refractivity contribution in [3.63, 3.8) is 0 Å². The Bertz CT molecular complexity index is 767. The topological polar surface area (TPSA) is 106 Å². The zero-order valence-electron chi connectivity index (χ0n) is 15.8. The van der Waals surface area contributed by atoms with Gasteiger partial charge in [-0.25, -0.2) is 4.79 Å². The van der Waals surface area contributed by atoms with E-state index >= 15 is 0 Å². The first-order valence-corrected chi connectivity index (χ1v) is 9.17. The third kappa shape index (κ3) is 5.06. The van der Waals surface area contributed by atoms with E-state index in [0.29, 0.717) is 31.1 Å². The summed E-state index contributed by atoms with van der Waals surface area (Å²) in [5.74, 6) is 0.861. The number of aromatic nitrogens is 2. The van der Waals surface area contributed by atoms with Crippen LogP contribution in [0.3, 0.4) is 0 Å². The minimum absolute atomic E-state index is 0.0548. The number of carbonyl (C=O) groups is 2. The monoisotopic (exact) mass is 364 g/mol. The molecule has 0 saturated carbocycles. The lowest BCUT2D eigenvalue weighted by molar-refractivity contribution is -0.118. The lowest BCUT2D eigenvalue weighted by atomic mass is 9.93. The van der Waals surface area contributed by atoms with Crippen LogP contribution in [0.1, 0.15) is 52.9 Å². The summed E-state index contributed by atoms with van der Waals surface area (Å²) in [6, 6.07) is 0. The second-order valence-corrected chi connectivity index (χ2v) is 7.11. The Hall–Kier alpha value is -2.38. The number of hydrogen-bond donors (Lipinski definition) is 2. The molecule has 2 rings (SSSR count). The lowest BCUT2D eigenvalue weighted by Gasteiger charge is -2.23. The van der Waals surface area contributed by atoms with Crippen molar-refractivity contribution < 1.29 is 9.59 Å². The molecule has 0 radical (unpaired) electrons. The van der Waals surface area contributed by atoms with Gasteiger partial charge in [0.1, 0.15) is 23.1 Å². The molecule has 26 heavy (non-hydrogen) atoms. The fraction of sp³-hybridized carbons (Fsp3) is 0.667. The highest BCUT2D eigenvalue weighted by molar-refractivity contribution is 5.84. The van der Waals surface area contributed by atoms with Gasteiger partial charge in [0.2, 0.25) is 0 Å². The predicted octanol–water partition coefficient (Wildman–Crippen LogP) is 1.41. The molecule has 1 aliphatic rings. The summed E-state index contributed by atoms with van der Waals surface area (Å²) in [5.41, 5.74) is -0.718. The summed E-state index contributed by atoms with van der Waals surface area (Å²) in [5, 5.41) is 0. The van der Waals surface area contributed by atoms with Crippen LogP contribution >= 0.6 is 0 Å². The van der Waals surface area contributed by atoms with Gasteiger partial charge < -0.3 is 14.6 Å². The number of nitrogens with one attached hydrogen (secondary N) is 2. The van der Waals surface area contributed by atoms with Crippen molar-refractivity contribution in [2.45, 2.75) is 52.9 Å². The van der Waals surface area contributed by atoms with Crippen LogP contribution in [0.2, 0.25) is 0 Å². The molecule has 0 aromatic carbocycles. The van der Waals surface area contributed by atoms with Crippen molar-refractivity contribution in [3.8, 4) is 0 Å². The van der Waals surface area contributed by atoms with Gasteiger partial charge in [0.15, 0.2) is 0 Å². The normalized spacial score (nSPS) is 14.4. The molecule has 0 amide bonds. The molecular weight excluding hydrogens is 336 g/mol. The van der Waals surface area contributed by atoms with E-state index in [-0.39, 0.29) is 24.0 Å². The van der Waals surface area contributed by atoms with E-state index < -0.39 is 11.2 Å². The number of aromatic amines is 2. The Morgan fingerprint density at radius 2 is 1.81 bits per heavy atom. The Labute approximate surface area is 152 Å². The number of anilines is 2. The van der Waals surface area contributed by atoms with Crippen LogP contribution in [0.15, 0.2) is 9.59 Å². The first kappa shape index (κ1) is 19.9. The lowest BCUT2D eigenvalue weighted by Crippen LogP contribution is -2.36. The van der Waals surface area contributed by atoms with Crippen LogP contribution < -0.4 is 21.0 Å². The van der Waals surface area contributed by atoms with Crippen molar-refractivity contribution in [2.75, 3.05) is 29.6 Å². The van der Waals surface area contributed by atoms with E-state index in [1.54, 1.807) is 11.8 Å². The van der Waals surface area contributed by atoms with Crippen molar-refractivity contribution in [1.29, 1.82) is 0 Å². The van der Waals surface area contributed by atoms with Crippen LogP contribution in [0, 0.1) is 5.92 Å². The number of unbranched alkanes of at least 4 members (excludes halogenated alkanes) is 1. The Kier molecular flexibility index (Phi) is 6.76. The van der Waals surface area contributed by atoms with Gasteiger partial charge in [-0.15, -0.1) is 0 Å². The van der Waals surface area contributed by atoms with Crippen LogP contribution in [0.5, 0.6) is 0 Å². The van der Waals surface area contributed by atoms with Gasteiger partial charge in [-0.2, -0.15) is 0 Å². The molecule has 1 aromatic rings. The van der Waals surface area contributed by atoms with Crippen molar-refractivity contribution in [3.05, 3.63) is 20.8 Å². The molecule has 1 aromatic heterocycles. The molecule has 144 valence electrons. The maximum atomic E-state index is 12.2. The second-order valence-electron chi connectivity index (χ2n) is 7.11. The van der Waals surface area contributed by atoms with Crippen molar-refractivity contribution in [2.24, 2.45) is 5.92 Å². The summed E-state index contributed by atoms with van der Waals surface area (Å²) in [7, 11) is 0. The number of ketones is 2. The van der Waals surface area contributed by atoms with Crippen LogP contribution in [0.25, 0.3) is 0 Å². The minimum Gasteiger partial charge on any atom is -0.339 e. The summed E-state index contributed by atoms with van der Waals surface area (Å²) < 4.78 is 0. The highest BCUT2D eigenvalue weighted by Crippen LogP contribution is 2.30. The molecule has 0 bridgehead atoms. The van der Waals surface area contributed by atoms with Gasteiger partial charge in [0.25, 0.3) is 5.56 Å². The first-order chi connectivity index (χ1) is 12.3. The molecule has 8 heteroatoms. The van der Waals surface area contributed by atoms with Gasteiger partial charge >= 0.3 is 5.69 Å². The van der Waals surface area contributed by atoms with Gasteiger partial charge in [0.05, 0.1) is 13.2 Å². The highest BCUT2D eigenvalue weighted by Gasteiger charge is 2.30. The molecule has 2 heterocycles. The van der Waals surface area contributed by atoms with Gasteiger partial charge in [-0.1, -0.05) is 19.8 Å². The predicted molar refractivity (Wildman–Crippen MR) is 101 cm³/mol. The Morgan fingerprint density at radius 1 is 1.08 bits per heavy atom. The van der Waals surface area contributed by atoms with Crippen molar-refractivity contribution in [1.82, 2.24) is 9.97 Å². The van der Waals surface area contributed by atoms with Gasteiger partial charge in [-0.05, 0) is 32.6 Å². The fourth-order valence-corrected chi connectivity index (χ4v) is 3.50. The largest absolute Gasteiger partial charge is 0.339 e. The zero-order chi connectivity index (χ0) is 19.3. The third-order valence-electron chi connectivity index (χ3n) is 4.64. The summed E-state index contributed by atoms with van der Waals surface area (Å²) in [6.07, 6.45) is 4.48. The average Bonchev–Trinajstić information content (AvgIpc) is 2.86. The van der Waals surface area contributed by atoms with E-state index in [4.69, 9.17) is 0 Å². The van der Waals surface area contributed by atoms with E-state index in [0.717, 1.165) is 25.7 Å². The first-order valence-electron chi connectivity index (χ1n) is 9.17.